The molecule has 25 heavy (non-hydrogen) atoms. The van der Waals surface area contributed by atoms with E-state index in [1.165, 1.54) is 11.3 Å². The van der Waals surface area contributed by atoms with Crippen molar-refractivity contribution in [3.05, 3.63) is 34.3 Å². The van der Waals surface area contributed by atoms with Crippen LogP contribution in [0.15, 0.2) is 23.1 Å². The lowest BCUT2D eigenvalue weighted by molar-refractivity contribution is -0.133. The number of amides is 1. The zero-order valence-electron chi connectivity index (χ0n) is 13.7. The number of aromatic nitrogens is 2. The molecule has 1 fully saturated rings. The van der Waals surface area contributed by atoms with Gasteiger partial charge in [-0.1, -0.05) is 17.4 Å². The molecule has 0 spiro atoms. The molecular weight excluding hydrogens is 360 g/mol. The lowest BCUT2D eigenvalue weighted by Crippen LogP contribution is -2.37. The highest BCUT2D eigenvalue weighted by Gasteiger charge is 2.34. The molecule has 132 valence electrons. The van der Waals surface area contributed by atoms with E-state index in [1.807, 2.05) is 11.0 Å². The molecule has 1 amide bonds. The van der Waals surface area contributed by atoms with Gasteiger partial charge in [-0.25, -0.2) is 8.42 Å². The quantitative estimate of drug-likeness (QED) is 0.878. The number of anilines is 1. The third-order valence-electron chi connectivity index (χ3n) is 4.49. The van der Waals surface area contributed by atoms with Gasteiger partial charge in [0, 0.05) is 19.0 Å². The van der Waals surface area contributed by atoms with E-state index in [9.17, 15) is 13.2 Å². The van der Waals surface area contributed by atoms with E-state index in [4.69, 9.17) is 0 Å². The molecule has 1 aromatic heterocycles. The maximum absolute atomic E-state index is 12.6. The molecule has 2 heterocycles. The summed E-state index contributed by atoms with van der Waals surface area (Å²) in [4.78, 5) is 14.3. The van der Waals surface area contributed by atoms with E-state index in [-0.39, 0.29) is 21.9 Å². The number of benzene rings is 1. The summed E-state index contributed by atoms with van der Waals surface area (Å²) >= 11 is 1.19. The highest BCUT2D eigenvalue weighted by Crippen LogP contribution is 2.33. The van der Waals surface area contributed by atoms with Crippen molar-refractivity contribution in [1.29, 1.82) is 0 Å². The van der Waals surface area contributed by atoms with Crippen molar-refractivity contribution in [1.82, 2.24) is 15.1 Å². The molecule has 1 aromatic carbocycles. The fourth-order valence-electron chi connectivity index (χ4n) is 2.99. The van der Waals surface area contributed by atoms with Gasteiger partial charge in [-0.3, -0.25) is 9.52 Å². The predicted octanol–water partition coefficient (Wildman–Crippen LogP) is 1.94. The number of fused-ring (bicyclic) bond motifs is 1. The minimum Gasteiger partial charge on any atom is -0.338 e. The SMILES string of the molecule is Cc1nnc(NS(=O)(=O)c2ccc3c(c2)CN(C(=O)C2CC2)CC3)s1. The number of hydrogen-bond donors (Lipinski definition) is 1. The first-order chi connectivity index (χ1) is 11.9. The Morgan fingerprint density at radius 1 is 1.28 bits per heavy atom. The minimum atomic E-state index is -3.72. The van der Waals surface area contributed by atoms with Crippen LogP contribution in [0.25, 0.3) is 0 Å². The Morgan fingerprint density at radius 2 is 2.08 bits per heavy atom. The van der Waals surface area contributed by atoms with Crippen molar-refractivity contribution in [3.8, 4) is 0 Å². The average molecular weight is 378 g/mol. The summed E-state index contributed by atoms with van der Waals surface area (Å²) in [5.74, 6) is 0.372. The number of carbonyl (C=O) groups excluding carboxylic acids is 1. The highest BCUT2D eigenvalue weighted by atomic mass is 32.2. The summed E-state index contributed by atoms with van der Waals surface area (Å²) in [6, 6.07) is 5.11. The number of nitrogens with one attached hydrogen (secondary N) is 1. The van der Waals surface area contributed by atoms with Crippen LogP contribution in [-0.2, 0) is 27.8 Å². The molecule has 0 saturated heterocycles. The number of carbonyl (C=O) groups is 1. The van der Waals surface area contributed by atoms with Gasteiger partial charge >= 0.3 is 0 Å². The Balaban J connectivity index is 1.57. The van der Waals surface area contributed by atoms with Gasteiger partial charge in [0.05, 0.1) is 4.90 Å². The molecular formula is C16H18N4O3S2. The number of rotatable bonds is 4. The summed E-state index contributed by atoms with van der Waals surface area (Å²) in [6.07, 6.45) is 2.71. The van der Waals surface area contributed by atoms with Crippen LogP contribution in [0.3, 0.4) is 0 Å². The zero-order valence-corrected chi connectivity index (χ0v) is 15.4. The molecule has 1 aliphatic heterocycles. The maximum atomic E-state index is 12.6. The summed E-state index contributed by atoms with van der Waals surface area (Å²) < 4.78 is 27.6. The molecule has 4 rings (SSSR count). The molecule has 0 radical (unpaired) electrons. The number of nitrogens with zero attached hydrogens (tertiary/aromatic N) is 3. The van der Waals surface area contributed by atoms with Crippen LogP contribution < -0.4 is 4.72 Å². The lowest BCUT2D eigenvalue weighted by atomic mass is 9.99. The topological polar surface area (TPSA) is 92.3 Å². The van der Waals surface area contributed by atoms with Gasteiger partial charge in [0.2, 0.25) is 11.0 Å². The van der Waals surface area contributed by atoms with Crippen LogP contribution in [0, 0.1) is 12.8 Å². The first-order valence-corrected chi connectivity index (χ1v) is 10.5. The van der Waals surface area contributed by atoms with E-state index >= 15 is 0 Å². The van der Waals surface area contributed by atoms with Gasteiger partial charge in [-0.05, 0) is 49.4 Å². The molecule has 0 atom stereocenters. The van der Waals surface area contributed by atoms with Crippen molar-refractivity contribution in [3.63, 3.8) is 0 Å². The Bertz CT molecular complexity index is 935. The maximum Gasteiger partial charge on any atom is 0.263 e. The van der Waals surface area contributed by atoms with Crippen LogP contribution in [0.4, 0.5) is 5.13 Å². The van der Waals surface area contributed by atoms with Crippen LogP contribution in [0.5, 0.6) is 0 Å². The van der Waals surface area contributed by atoms with Crippen LogP contribution >= 0.6 is 11.3 Å². The Kier molecular flexibility index (Phi) is 3.99. The molecule has 7 nitrogen and oxygen atoms in total. The number of aryl methyl sites for hydroxylation is 1. The molecule has 2 aromatic rings. The van der Waals surface area contributed by atoms with Crippen LogP contribution in [-0.4, -0.2) is 36.0 Å². The van der Waals surface area contributed by atoms with Gasteiger partial charge in [0.25, 0.3) is 10.0 Å². The second kappa shape index (κ2) is 6.06. The van der Waals surface area contributed by atoms with Crippen LogP contribution in [0.1, 0.15) is 29.0 Å². The van der Waals surface area contributed by atoms with Crippen molar-refractivity contribution in [2.75, 3.05) is 11.3 Å². The third kappa shape index (κ3) is 3.38. The largest absolute Gasteiger partial charge is 0.338 e. The number of sulfonamides is 1. The first-order valence-electron chi connectivity index (χ1n) is 8.16. The first kappa shape index (κ1) is 16.5. The van der Waals surface area contributed by atoms with Gasteiger partial charge < -0.3 is 4.90 Å². The van der Waals surface area contributed by atoms with Gasteiger partial charge in [-0.15, -0.1) is 10.2 Å². The predicted molar refractivity (Wildman–Crippen MR) is 93.7 cm³/mol. The van der Waals surface area contributed by atoms with Gasteiger partial charge in [0.1, 0.15) is 5.01 Å². The normalized spacial score (nSPS) is 17.2. The van der Waals surface area contributed by atoms with E-state index in [0.29, 0.717) is 18.1 Å². The lowest BCUT2D eigenvalue weighted by Gasteiger charge is -2.29. The standard InChI is InChI=1S/C16H18N4O3S2/c1-10-17-18-16(24-10)19-25(22,23)14-5-4-11-6-7-20(9-13(11)8-14)15(21)12-2-3-12/h4-5,8,12H,2-3,6-7,9H2,1H3,(H,18,19). The fourth-order valence-corrected chi connectivity index (χ4v) is 4.86. The van der Waals surface area contributed by atoms with E-state index < -0.39 is 10.0 Å². The van der Waals surface area contributed by atoms with Crippen molar-refractivity contribution >= 4 is 32.4 Å². The van der Waals surface area contributed by atoms with Gasteiger partial charge in [-0.2, -0.15) is 0 Å². The molecule has 1 saturated carbocycles. The second-order valence-electron chi connectivity index (χ2n) is 6.45. The molecule has 1 N–H and O–H groups in total. The monoisotopic (exact) mass is 378 g/mol. The highest BCUT2D eigenvalue weighted by molar-refractivity contribution is 7.93. The Labute approximate surface area is 150 Å². The minimum absolute atomic E-state index is 0.177. The fraction of sp³-hybridized carbons (Fsp3) is 0.438. The Hall–Kier alpha value is -2.00. The molecule has 9 heteroatoms. The summed E-state index contributed by atoms with van der Waals surface area (Å²) in [5, 5.41) is 8.56. The smallest absolute Gasteiger partial charge is 0.263 e. The molecule has 1 aliphatic carbocycles. The number of hydrogen-bond acceptors (Lipinski definition) is 6. The van der Waals surface area contributed by atoms with E-state index in [1.54, 1.807) is 19.1 Å². The molecule has 0 unspecified atom stereocenters. The second-order valence-corrected chi connectivity index (χ2v) is 9.31. The molecule has 2 aliphatic rings. The third-order valence-corrected chi connectivity index (χ3v) is 6.71. The summed E-state index contributed by atoms with van der Waals surface area (Å²) in [5.41, 5.74) is 2.00. The average Bonchev–Trinajstić information content (AvgIpc) is 3.36. The van der Waals surface area contributed by atoms with E-state index in [0.717, 1.165) is 30.4 Å². The van der Waals surface area contributed by atoms with Crippen molar-refractivity contribution in [2.45, 2.75) is 37.6 Å². The van der Waals surface area contributed by atoms with Crippen molar-refractivity contribution < 1.29 is 13.2 Å². The summed E-state index contributed by atoms with van der Waals surface area (Å²) in [6.45, 7) is 2.95. The van der Waals surface area contributed by atoms with Gasteiger partial charge in [0.15, 0.2) is 0 Å². The van der Waals surface area contributed by atoms with E-state index in [2.05, 4.69) is 14.9 Å². The van der Waals surface area contributed by atoms with Crippen molar-refractivity contribution in [2.24, 2.45) is 5.92 Å². The Morgan fingerprint density at radius 3 is 2.76 bits per heavy atom. The zero-order chi connectivity index (χ0) is 17.6. The summed E-state index contributed by atoms with van der Waals surface area (Å²) in [7, 11) is -3.72. The molecule has 0 bridgehead atoms. The van der Waals surface area contributed by atoms with Crippen LogP contribution in [0.2, 0.25) is 0 Å².